The smallest absolute Gasteiger partial charge is 0.240 e. The molecule has 0 spiro atoms. The largest absolute Gasteiger partial charge is 0.316 e. The number of hydrogen-bond donors (Lipinski definition) is 2. The zero-order valence-corrected chi connectivity index (χ0v) is 11.7. The van der Waals surface area contributed by atoms with Crippen molar-refractivity contribution in [2.45, 2.75) is 11.8 Å². The van der Waals surface area contributed by atoms with Crippen LogP contribution in [0.3, 0.4) is 0 Å². The van der Waals surface area contributed by atoms with E-state index < -0.39 is 10.0 Å². The highest BCUT2D eigenvalue weighted by Crippen LogP contribution is 2.24. The molecule has 0 aliphatic carbocycles. The van der Waals surface area contributed by atoms with Gasteiger partial charge in [-0.05, 0) is 24.7 Å². The first-order chi connectivity index (χ1) is 7.97. The first-order valence-electron chi connectivity index (χ1n) is 5.13. The lowest BCUT2D eigenvalue weighted by Crippen LogP contribution is -2.31. The lowest BCUT2D eigenvalue weighted by Gasteiger charge is -2.07. The zero-order valence-electron chi connectivity index (χ0n) is 9.33. The molecule has 0 aliphatic heterocycles. The molecule has 96 valence electrons. The van der Waals surface area contributed by atoms with Gasteiger partial charge in [0, 0.05) is 13.1 Å². The summed E-state index contributed by atoms with van der Waals surface area (Å²) in [5.74, 6) is 0. The van der Waals surface area contributed by atoms with Crippen LogP contribution in [0.1, 0.15) is 6.92 Å². The minimum Gasteiger partial charge on any atom is -0.316 e. The van der Waals surface area contributed by atoms with Crippen LogP contribution >= 0.6 is 23.2 Å². The van der Waals surface area contributed by atoms with E-state index in [1.54, 1.807) is 0 Å². The van der Waals surface area contributed by atoms with Crippen molar-refractivity contribution in [1.82, 2.24) is 10.0 Å². The van der Waals surface area contributed by atoms with E-state index in [2.05, 4.69) is 10.0 Å². The second-order valence-corrected chi connectivity index (χ2v) is 5.91. The van der Waals surface area contributed by atoms with E-state index >= 15 is 0 Å². The molecule has 0 bridgehead atoms. The number of hydrogen-bond acceptors (Lipinski definition) is 3. The third-order valence-corrected chi connectivity index (χ3v) is 4.24. The van der Waals surface area contributed by atoms with Gasteiger partial charge in [-0.1, -0.05) is 30.1 Å². The molecule has 4 nitrogen and oxygen atoms in total. The maximum absolute atomic E-state index is 11.8. The fourth-order valence-electron chi connectivity index (χ4n) is 1.18. The van der Waals surface area contributed by atoms with Crippen LogP contribution in [0.15, 0.2) is 23.1 Å². The summed E-state index contributed by atoms with van der Waals surface area (Å²) < 4.78 is 26.1. The Kier molecular flexibility index (Phi) is 5.69. The molecule has 0 atom stereocenters. The molecule has 0 aromatic heterocycles. The summed E-state index contributed by atoms with van der Waals surface area (Å²) in [6.07, 6.45) is 0. The van der Waals surface area contributed by atoms with Gasteiger partial charge in [0.2, 0.25) is 10.0 Å². The van der Waals surface area contributed by atoms with Crippen molar-refractivity contribution in [3.63, 3.8) is 0 Å². The topological polar surface area (TPSA) is 58.2 Å². The van der Waals surface area contributed by atoms with Gasteiger partial charge < -0.3 is 5.32 Å². The Labute approximate surface area is 111 Å². The molecular weight excluding hydrogens is 283 g/mol. The summed E-state index contributed by atoms with van der Waals surface area (Å²) in [6.45, 7) is 3.66. The minimum absolute atomic E-state index is 0.114. The lowest BCUT2D eigenvalue weighted by atomic mass is 10.4. The Morgan fingerprint density at radius 2 is 1.88 bits per heavy atom. The summed E-state index contributed by atoms with van der Waals surface area (Å²) in [5.41, 5.74) is 0. The summed E-state index contributed by atoms with van der Waals surface area (Å²) in [7, 11) is -3.51. The molecule has 0 aliphatic rings. The standard InChI is InChI=1S/C10H14Cl2N2O2S/c1-2-13-5-6-14-17(15,16)8-3-4-9(11)10(12)7-8/h3-4,7,13-14H,2,5-6H2,1H3. The number of rotatable bonds is 6. The Morgan fingerprint density at radius 3 is 2.47 bits per heavy atom. The predicted octanol–water partition coefficient (Wildman–Crippen LogP) is 1.88. The fourth-order valence-corrected chi connectivity index (χ4v) is 2.60. The van der Waals surface area contributed by atoms with E-state index in [-0.39, 0.29) is 9.92 Å². The SMILES string of the molecule is CCNCCNS(=O)(=O)c1ccc(Cl)c(Cl)c1. The van der Waals surface area contributed by atoms with Crippen molar-refractivity contribution in [1.29, 1.82) is 0 Å². The third-order valence-electron chi connectivity index (χ3n) is 2.05. The summed E-state index contributed by atoms with van der Waals surface area (Å²) >= 11 is 11.5. The molecule has 0 fully saturated rings. The summed E-state index contributed by atoms with van der Waals surface area (Å²) in [4.78, 5) is 0.114. The Balaban J connectivity index is 2.72. The Hall–Kier alpha value is -0.330. The van der Waals surface area contributed by atoms with Crippen LogP contribution in [-0.2, 0) is 10.0 Å². The molecule has 1 aromatic rings. The van der Waals surface area contributed by atoms with E-state index in [1.165, 1.54) is 18.2 Å². The van der Waals surface area contributed by atoms with Gasteiger partial charge in [0.15, 0.2) is 0 Å². The van der Waals surface area contributed by atoms with E-state index in [0.29, 0.717) is 18.1 Å². The van der Waals surface area contributed by atoms with Gasteiger partial charge in [-0.2, -0.15) is 0 Å². The maximum atomic E-state index is 11.8. The van der Waals surface area contributed by atoms with Crippen molar-refractivity contribution in [3.8, 4) is 0 Å². The maximum Gasteiger partial charge on any atom is 0.240 e. The first-order valence-corrected chi connectivity index (χ1v) is 7.36. The van der Waals surface area contributed by atoms with Crippen LogP contribution in [0, 0.1) is 0 Å². The molecule has 0 heterocycles. The Bertz CT molecular complexity index is 477. The highest BCUT2D eigenvalue weighted by atomic mass is 35.5. The number of likely N-dealkylation sites (N-methyl/N-ethyl adjacent to an activating group) is 1. The average molecular weight is 297 g/mol. The molecule has 0 saturated carbocycles. The van der Waals surface area contributed by atoms with Crippen LogP contribution in [-0.4, -0.2) is 28.1 Å². The molecule has 1 rings (SSSR count). The van der Waals surface area contributed by atoms with Crippen LogP contribution in [0.2, 0.25) is 10.0 Å². The monoisotopic (exact) mass is 296 g/mol. The van der Waals surface area contributed by atoms with Gasteiger partial charge in [0.1, 0.15) is 0 Å². The molecule has 7 heteroatoms. The molecule has 17 heavy (non-hydrogen) atoms. The number of benzene rings is 1. The molecule has 0 unspecified atom stereocenters. The van der Waals surface area contributed by atoms with Crippen molar-refractivity contribution in [2.75, 3.05) is 19.6 Å². The Morgan fingerprint density at radius 1 is 1.18 bits per heavy atom. The predicted molar refractivity (Wildman–Crippen MR) is 70.2 cm³/mol. The first kappa shape index (κ1) is 14.7. The normalized spacial score (nSPS) is 11.7. The van der Waals surface area contributed by atoms with Gasteiger partial charge in [0.25, 0.3) is 0 Å². The summed E-state index contributed by atoms with van der Waals surface area (Å²) in [5, 5.41) is 3.57. The second kappa shape index (κ2) is 6.56. The van der Waals surface area contributed by atoms with Gasteiger partial charge in [-0.25, -0.2) is 13.1 Å². The van der Waals surface area contributed by atoms with E-state index in [0.717, 1.165) is 6.54 Å². The second-order valence-electron chi connectivity index (χ2n) is 3.33. The molecule has 2 N–H and O–H groups in total. The van der Waals surface area contributed by atoms with E-state index in [4.69, 9.17) is 23.2 Å². The highest BCUT2D eigenvalue weighted by Gasteiger charge is 2.14. The van der Waals surface area contributed by atoms with Crippen molar-refractivity contribution < 1.29 is 8.42 Å². The van der Waals surface area contributed by atoms with Crippen LogP contribution in [0.5, 0.6) is 0 Å². The third kappa shape index (κ3) is 4.44. The highest BCUT2D eigenvalue weighted by molar-refractivity contribution is 7.89. The molecule has 0 saturated heterocycles. The quantitative estimate of drug-likeness (QED) is 0.788. The lowest BCUT2D eigenvalue weighted by molar-refractivity contribution is 0.577. The minimum atomic E-state index is -3.51. The van der Waals surface area contributed by atoms with E-state index in [1.807, 2.05) is 6.92 Å². The van der Waals surface area contributed by atoms with E-state index in [9.17, 15) is 8.42 Å². The van der Waals surface area contributed by atoms with Gasteiger partial charge in [-0.3, -0.25) is 0 Å². The molecule has 1 aromatic carbocycles. The van der Waals surface area contributed by atoms with Crippen LogP contribution in [0.4, 0.5) is 0 Å². The zero-order chi connectivity index (χ0) is 12.9. The fraction of sp³-hybridized carbons (Fsp3) is 0.400. The van der Waals surface area contributed by atoms with Crippen LogP contribution < -0.4 is 10.0 Å². The number of sulfonamides is 1. The van der Waals surface area contributed by atoms with Gasteiger partial charge in [-0.15, -0.1) is 0 Å². The average Bonchev–Trinajstić information content (AvgIpc) is 2.28. The molecule has 0 radical (unpaired) electrons. The number of nitrogens with one attached hydrogen (secondary N) is 2. The summed E-state index contributed by atoms with van der Waals surface area (Å²) in [6, 6.07) is 4.21. The van der Waals surface area contributed by atoms with Gasteiger partial charge >= 0.3 is 0 Å². The van der Waals surface area contributed by atoms with Crippen molar-refractivity contribution in [3.05, 3.63) is 28.2 Å². The molecule has 0 amide bonds. The van der Waals surface area contributed by atoms with Crippen molar-refractivity contribution in [2.24, 2.45) is 0 Å². The van der Waals surface area contributed by atoms with Crippen molar-refractivity contribution >= 4 is 33.2 Å². The van der Waals surface area contributed by atoms with Crippen LogP contribution in [0.25, 0.3) is 0 Å². The number of halogens is 2. The molecular formula is C10H14Cl2N2O2S. The van der Waals surface area contributed by atoms with Gasteiger partial charge in [0.05, 0.1) is 14.9 Å².